The first-order chi connectivity index (χ1) is 7.27. The van der Waals surface area contributed by atoms with Crippen LogP contribution in [0.1, 0.15) is 40.0 Å². The van der Waals surface area contributed by atoms with Crippen LogP contribution in [0.2, 0.25) is 0 Å². The van der Waals surface area contributed by atoms with E-state index in [-0.39, 0.29) is 6.04 Å². The summed E-state index contributed by atoms with van der Waals surface area (Å²) in [7, 11) is -3.08. The molecule has 0 aromatic carbocycles. The Bertz CT molecular complexity index is 339. The van der Waals surface area contributed by atoms with Gasteiger partial charge >= 0.3 is 0 Å². The van der Waals surface area contributed by atoms with Crippen molar-refractivity contribution in [2.45, 2.75) is 50.8 Å². The average Bonchev–Trinajstić information content (AvgIpc) is 2.15. The molecule has 0 amide bonds. The highest BCUT2D eigenvalue weighted by atomic mass is 32.2. The van der Waals surface area contributed by atoms with E-state index in [4.69, 9.17) is 6.42 Å². The van der Waals surface area contributed by atoms with Crippen LogP contribution < -0.4 is 5.32 Å². The van der Waals surface area contributed by atoms with Crippen LogP contribution in [0.15, 0.2) is 0 Å². The zero-order valence-corrected chi connectivity index (χ0v) is 11.5. The van der Waals surface area contributed by atoms with E-state index in [1.165, 1.54) is 6.26 Å². The maximum atomic E-state index is 11.7. The van der Waals surface area contributed by atoms with Crippen LogP contribution in [0.5, 0.6) is 0 Å². The summed E-state index contributed by atoms with van der Waals surface area (Å²) < 4.78 is 22.7. The molecule has 0 aliphatic carbocycles. The molecule has 0 aromatic heterocycles. The molecule has 1 N–H and O–H groups in total. The zero-order chi connectivity index (χ0) is 12.8. The van der Waals surface area contributed by atoms with Crippen LogP contribution in [0.4, 0.5) is 0 Å². The van der Waals surface area contributed by atoms with Crippen molar-refractivity contribution in [2.75, 3.05) is 12.8 Å². The number of nitrogens with one attached hydrogen (secondary N) is 1. The topological polar surface area (TPSA) is 46.2 Å². The fourth-order valence-corrected chi connectivity index (χ4v) is 2.33. The number of hydrogen-bond donors (Lipinski definition) is 1. The summed E-state index contributed by atoms with van der Waals surface area (Å²) in [6.07, 6.45) is 8.83. The average molecular weight is 245 g/mol. The Morgan fingerprint density at radius 1 is 1.44 bits per heavy atom. The monoisotopic (exact) mass is 245 g/mol. The van der Waals surface area contributed by atoms with Crippen molar-refractivity contribution in [1.82, 2.24) is 5.32 Å². The van der Waals surface area contributed by atoms with E-state index < -0.39 is 14.6 Å². The summed E-state index contributed by atoms with van der Waals surface area (Å²) in [4.78, 5) is 0. The highest BCUT2D eigenvalue weighted by Gasteiger charge is 2.37. The molecule has 16 heavy (non-hydrogen) atoms. The molecule has 0 rings (SSSR count). The quantitative estimate of drug-likeness (QED) is 0.547. The van der Waals surface area contributed by atoms with E-state index in [1.54, 1.807) is 13.8 Å². The Balaban J connectivity index is 4.71. The summed E-state index contributed by atoms with van der Waals surface area (Å²) in [6.45, 7) is 6.28. The van der Waals surface area contributed by atoms with E-state index in [0.717, 1.165) is 19.4 Å². The predicted octanol–water partition coefficient (Wildman–Crippen LogP) is 1.59. The lowest BCUT2D eigenvalue weighted by Gasteiger charge is -2.33. The van der Waals surface area contributed by atoms with Gasteiger partial charge in [-0.05, 0) is 33.2 Å². The van der Waals surface area contributed by atoms with Crippen molar-refractivity contribution in [1.29, 1.82) is 0 Å². The highest BCUT2D eigenvalue weighted by Crippen LogP contribution is 2.23. The predicted molar refractivity (Wildman–Crippen MR) is 69.1 cm³/mol. The second-order valence-electron chi connectivity index (χ2n) is 4.58. The van der Waals surface area contributed by atoms with Crippen molar-refractivity contribution < 1.29 is 8.42 Å². The summed E-state index contributed by atoms with van der Waals surface area (Å²) >= 11 is 0. The standard InChI is InChI=1S/C12H23NO2S/c1-6-8-9-10-11(13-7-2)12(3,4)16(5,14)15/h1,11,13H,7-10H2,2-5H3. The third-order valence-corrected chi connectivity index (χ3v) is 5.26. The minimum Gasteiger partial charge on any atom is -0.313 e. The maximum absolute atomic E-state index is 11.7. The summed E-state index contributed by atoms with van der Waals surface area (Å²) in [6, 6.07) is -0.0409. The molecule has 0 heterocycles. The fraction of sp³-hybridized carbons (Fsp3) is 0.833. The smallest absolute Gasteiger partial charge is 0.154 e. The van der Waals surface area contributed by atoms with Crippen LogP contribution in [0.25, 0.3) is 0 Å². The first-order valence-electron chi connectivity index (χ1n) is 5.63. The molecular formula is C12H23NO2S. The molecule has 1 unspecified atom stereocenters. The SMILES string of the molecule is C#CCCCC(NCC)C(C)(C)S(C)(=O)=O. The van der Waals surface area contributed by atoms with Gasteiger partial charge in [0.25, 0.3) is 0 Å². The number of hydrogen-bond acceptors (Lipinski definition) is 3. The Labute approximate surface area is 99.9 Å². The van der Waals surface area contributed by atoms with Gasteiger partial charge in [-0.15, -0.1) is 12.3 Å². The molecule has 0 spiro atoms. The van der Waals surface area contributed by atoms with Gasteiger partial charge in [0.05, 0.1) is 4.75 Å². The minimum absolute atomic E-state index is 0.0409. The van der Waals surface area contributed by atoms with Crippen LogP contribution in [0.3, 0.4) is 0 Å². The van der Waals surface area contributed by atoms with Gasteiger partial charge in [-0.3, -0.25) is 0 Å². The molecule has 0 bridgehead atoms. The molecule has 0 saturated heterocycles. The summed E-state index contributed by atoms with van der Waals surface area (Å²) in [5.74, 6) is 2.58. The Hall–Kier alpha value is -0.530. The third kappa shape index (κ3) is 4.15. The van der Waals surface area contributed by atoms with E-state index >= 15 is 0 Å². The number of sulfone groups is 1. The second kappa shape index (κ2) is 6.27. The zero-order valence-electron chi connectivity index (χ0n) is 10.7. The molecule has 3 nitrogen and oxygen atoms in total. The van der Waals surface area contributed by atoms with Gasteiger partial charge in [-0.1, -0.05) is 6.92 Å². The van der Waals surface area contributed by atoms with Gasteiger partial charge in [-0.25, -0.2) is 8.42 Å². The van der Waals surface area contributed by atoms with Crippen molar-refractivity contribution in [3.8, 4) is 12.3 Å². The van der Waals surface area contributed by atoms with Gasteiger partial charge in [0, 0.05) is 18.7 Å². The number of rotatable bonds is 7. The molecule has 0 radical (unpaired) electrons. The largest absolute Gasteiger partial charge is 0.313 e. The van der Waals surface area contributed by atoms with Crippen molar-refractivity contribution >= 4 is 9.84 Å². The summed E-state index contributed by atoms with van der Waals surface area (Å²) in [5.41, 5.74) is 0. The second-order valence-corrected chi connectivity index (χ2v) is 7.18. The fourth-order valence-electron chi connectivity index (χ4n) is 1.61. The molecule has 0 fully saturated rings. The molecule has 0 aliphatic heterocycles. The van der Waals surface area contributed by atoms with Gasteiger partial charge < -0.3 is 5.32 Å². The van der Waals surface area contributed by atoms with Crippen molar-refractivity contribution in [3.63, 3.8) is 0 Å². The van der Waals surface area contributed by atoms with Gasteiger partial charge in [-0.2, -0.15) is 0 Å². The molecule has 94 valence electrons. The van der Waals surface area contributed by atoms with Crippen LogP contribution in [0, 0.1) is 12.3 Å². The lowest BCUT2D eigenvalue weighted by Crippen LogP contribution is -2.51. The van der Waals surface area contributed by atoms with Gasteiger partial charge in [0.1, 0.15) is 0 Å². The van der Waals surface area contributed by atoms with Crippen molar-refractivity contribution in [2.24, 2.45) is 0 Å². The van der Waals surface area contributed by atoms with Crippen LogP contribution in [-0.2, 0) is 9.84 Å². The van der Waals surface area contributed by atoms with E-state index in [2.05, 4.69) is 11.2 Å². The molecule has 1 atom stereocenters. The van der Waals surface area contributed by atoms with Crippen LogP contribution >= 0.6 is 0 Å². The summed E-state index contributed by atoms with van der Waals surface area (Å²) in [5, 5.41) is 3.24. The Kier molecular flexibility index (Phi) is 6.06. The third-order valence-electron chi connectivity index (χ3n) is 3.06. The lowest BCUT2D eigenvalue weighted by molar-refractivity contribution is 0.389. The minimum atomic E-state index is -3.08. The molecule has 0 aromatic rings. The molecule has 0 saturated carbocycles. The van der Waals surface area contributed by atoms with Crippen molar-refractivity contribution in [3.05, 3.63) is 0 Å². The number of unbranched alkanes of at least 4 members (excludes halogenated alkanes) is 1. The Morgan fingerprint density at radius 2 is 2.00 bits per heavy atom. The lowest BCUT2D eigenvalue weighted by atomic mass is 9.97. The highest BCUT2D eigenvalue weighted by molar-refractivity contribution is 7.92. The van der Waals surface area contributed by atoms with E-state index in [0.29, 0.717) is 6.42 Å². The van der Waals surface area contributed by atoms with E-state index in [1.807, 2.05) is 6.92 Å². The van der Waals surface area contributed by atoms with Crippen LogP contribution in [-0.4, -0.2) is 32.0 Å². The van der Waals surface area contributed by atoms with Gasteiger partial charge in [0.2, 0.25) is 0 Å². The first kappa shape index (κ1) is 15.5. The molecular weight excluding hydrogens is 222 g/mol. The van der Waals surface area contributed by atoms with Gasteiger partial charge in [0.15, 0.2) is 9.84 Å². The molecule has 4 heteroatoms. The Morgan fingerprint density at radius 3 is 2.38 bits per heavy atom. The normalized spacial score (nSPS) is 14.4. The van der Waals surface area contributed by atoms with E-state index in [9.17, 15) is 8.42 Å². The molecule has 0 aliphatic rings. The number of terminal acetylenes is 1. The first-order valence-corrected chi connectivity index (χ1v) is 7.53. The maximum Gasteiger partial charge on any atom is 0.154 e.